The molecule has 0 saturated heterocycles. The van der Waals surface area contributed by atoms with Crippen molar-refractivity contribution in [2.24, 2.45) is 0 Å². The molecule has 0 spiro atoms. The number of pyridine rings is 2. The van der Waals surface area contributed by atoms with Gasteiger partial charge in [-0.25, -0.2) is 4.98 Å². The Bertz CT molecular complexity index is 1400. The van der Waals surface area contributed by atoms with E-state index in [0.29, 0.717) is 0 Å². The number of aromatic nitrogens is 2. The number of hydrogen-bond acceptors (Lipinski definition) is 5. The van der Waals surface area contributed by atoms with Crippen LogP contribution in [0.4, 0.5) is 22.9 Å². The van der Waals surface area contributed by atoms with Crippen LogP contribution in [-0.4, -0.2) is 17.0 Å². The van der Waals surface area contributed by atoms with E-state index < -0.39 is 0 Å². The van der Waals surface area contributed by atoms with Gasteiger partial charge in [0.1, 0.15) is 5.82 Å². The molecule has 0 aliphatic carbocycles. The van der Waals surface area contributed by atoms with E-state index in [0.717, 1.165) is 50.6 Å². The molecule has 0 unspecified atom stereocenters. The highest BCUT2D eigenvalue weighted by atomic mass is 15.0. The molecule has 0 bridgehead atoms. The summed E-state index contributed by atoms with van der Waals surface area (Å²) in [6.07, 6.45) is 11.4. The van der Waals surface area contributed by atoms with Crippen LogP contribution in [0.25, 0.3) is 16.5 Å². The molecule has 202 valence electrons. The number of rotatable bonds is 8. The number of hydrogen-bond donors (Lipinski definition) is 3. The summed E-state index contributed by atoms with van der Waals surface area (Å²) < 4.78 is 0. The largest absolute Gasteiger partial charge is 0.388 e. The maximum absolute atomic E-state index is 4.44. The Morgan fingerprint density at radius 2 is 1.64 bits per heavy atom. The molecule has 0 fully saturated rings. The number of anilines is 4. The molecule has 2 heterocycles. The fourth-order valence-electron chi connectivity index (χ4n) is 3.52. The van der Waals surface area contributed by atoms with Crippen LogP contribution in [0.1, 0.15) is 38.8 Å². The summed E-state index contributed by atoms with van der Waals surface area (Å²) in [5.74, 6) is 0.798. The average molecular weight is 520 g/mol. The van der Waals surface area contributed by atoms with Crippen molar-refractivity contribution in [3.05, 3.63) is 127 Å². The molecular weight excluding hydrogens is 478 g/mol. The highest BCUT2D eigenvalue weighted by Gasteiger charge is 2.05. The number of aryl methyl sites for hydroxylation is 1. The second kappa shape index (κ2) is 16.3. The van der Waals surface area contributed by atoms with Crippen LogP contribution >= 0.6 is 0 Å². The predicted molar refractivity (Wildman–Crippen MR) is 173 cm³/mol. The van der Waals surface area contributed by atoms with Crippen LogP contribution in [0.5, 0.6) is 0 Å². The normalized spacial score (nSPS) is 10.6. The summed E-state index contributed by atoms with van der Waals surface area (Å²) in [4.78, 5) is 8.83. The van der Waals surface area contributed by atoms with Gasteiger partial charge in [-0.05, 0) is 92.6 Å². The van der Waals surface area contributed by atoms with Crippen LogP contribution in [0.3, 0.4) is 0 Å². The first-order valence-corrected chi connectivity index (χ1v) is 13.2. The molecule has 5 heteroatoms. The van der Waals surface area contributed by atoms with Gasteiger partial charge in [0.25, 0.3) is 0 Å². The molecule has 2 aromatic heterocycles. The summed E-state index contributed by atoms with van der Waals surface area (Å²) in [7, 11) is 1.91. The van der Waals surface area contributed by atoms with E-state index in [2.05, 4.69) is 76.3 Å². The number of fused-ring (bicyclic) bond motifs is 1. The number of nitrogens with one attached hydrogen (secondary N) is 3. The van der Waals surface area contributed by atoms with Crippen molar-refractivity contribution in [2.45, 2.75) is 34.6 Å². The minimum absolute atomic E-state index is 0.798. The van der Waals surface area contributed by atoms with Crippen molar-refractivity contribution >= 4 is 39.4 Å². The van der Waals surface area contributed by atoms with E-state index in [1.54, 1.807) is 12.3 Å². The first kappa shape index (κ1) is 30.6. The summed E-state index contributed by atoms with van der Waals surface area (Å²) in [5.41, 5.74) is 8.42. The predicted octanol–water partition coefficient (Wildman–Crippen LogP) is 9.53. The van der Waals surface area contributed by atoms with Crippen LogP contribution in [0.15, 0.2) is 116 Å². The van der Waals surface area contributed by atoms with Crippen LogP contribution in [-0.2, 0) is 0 Å². The highest BCUT2D eigenvalue weighted by Crippen LogP contribution is 2.27. The molecule has 0 aliphatic heterocycles. The third-order valence-corrected chi connectivity index (χ3v) is 5.53. The van der Waals surface area contributed by atoms with Gasteiger partial charge in [0.2, 0.25) is 0 Å². The summed E-state index contributed by atoms with van der Waals surface area (Å²) >= 11 is 0. The van der Waals surface area contributed by atoms with Crippen molar-refractivity contribution in [1.29, 1.82) is 0 Å². The molecule has 2 aromatic carbocycles. The SMILES string of the molecule is C=C(C)c1ccc(Nc2ccnc3ccc(NC)cc23)nc1.C=C/C=C(\C=C/C)Nc1ccc(C)cc1.CC. The highest BCUT2D eigenvalue weighted by molar-refractivity contribution is 5.94. The molecule has 3 N–H and O–H groups in total. The van der Waals surface area contributed by atoms with E-state index in [1.165, 1.54) is 5.56 Å². The van der Waals surface area contributed by atoms with E-state index in [4.69, 9.17) is 0 Å². The summed E-state index contributed by atoms with van der Waals surface area (Å²) in [6, 6.07) is 20.3. The monoisotopic (exact) mass is 519 g/mol. The number of nitrogens with zero attached hydrogens (tertiary/aromatic N) is 2. The molecule has 0 atom stereocenters. The first-order valence-electron chi connectivity index (χ1n) is 13.2. The van der Waals surface area contributed by atoms with Crippen molar-refractivity contribution in [3.8, 4) is 0 Å². The zero-order valence-electron chi connectivity index (χ0n) is 24.0. The quantitative estimate of drug-likeness (QED) is 0.202. The number of allylic oxidation sites excluding steroid dienone is 5. The lowest BCUT2D eigenvalue weighted by molar-refractivity contribution is 1.29. The number of benzene rings is 2. The van der Waals surface area contributed by atoms with Gasteiger partial charge in [-0.2, -0.15) is 0 Å². The molecule has 39 heavy (non-hydrogen) atoms. The van der Waals surface area contributed by atoms with E-state index >= 15 is 0 Å². The van der Waals surface area contributed by atoms with Gasteiger partial charge in [0.05, 0.1) is 11.2 Å². The van der Waals surface area contributed by atoms with E-state index in [1.807, 2.05) is 89.5 Å². The average Bonchev–Trinajstić information content (AvgIpc) is 2.96. The topological polar surface area (TPSA) is 61.9 Å². The van der Waals surface area contributed by atoms with Gasteiger partial charge < -0.3 is 16.0 Å². The molecule has 0 aliphatic rings. The standard InChI is InChI=1S/C18H18N4.C14H17N.C2H6/c1-12(2)13-4-7-18(21-11-13)22-17-8-9-20-16-6-5-14(19-3)10-15(16)17;1-4-6-13(7-5-2)15-14-10-8-12(3)9-11-14;1-2/h4-11,19H,1H2,2-3H3,(H,20,21,22);4-11,15H,1H2,2-3H3;1-2H3/b;7-5-,13-6+;. The van der Waals surface area contributed by atoms with Gasteiger partial charge in [-0.1, -0.05) is 56.9 Å². The molecule has 5 nitrogen and oxygen atoms in total. The molecule has 0 radical (unpaired) electrons. The molecule has 4 rings (SSSR count). The van der Waals surface area contributed by atoms with Crippen molar-refractivity contribution in [1.82, 2.24) is 9.97 Å². The fraction of sp³-hybridized carbons (Fsp3) is 0.176. The maximum atomic E-state index is 4.44. The Labute approximate surface area is 234 Å². The Morgan fingerprint density at radius 1 is 0.923 bits per heavy atom. The second-order valence-electron chi connectivity index (χ2n) is 8.53. The summed E-state index contributed by atoms with van der Waals surface area (Å²) in [5, 5.41) is 10.9. The first-order chi connectivity index (χ1) is 18.9. The third-order valence-electron chi connectivity index (χ3n) is 5.53. The van der Waals surface area contributed by atoms with Gasteiger partial charge in [0, 0.05) is 41.9 Å². The minimum Gasteiger partial charge on any atom is -0.388 e. The van der Waals surface area contributed by atoms with Crippen LogP contribution in [0.2, 0.25) is 0 Å². The van der Waals surface area contributed by atoms with Gasteiger partial charge in [-0.15, -0.1) is 0 Å². The molecule has 4 aromatic rings. The Hall–Kier alpha value is -4.64. The molecule has 0 saturated carbocycles. The Kier molecular flexibility index (Phi) is 12.7. The molecule has 0 amide bonds. The summed E-state index contributed by atoms with van der Waals surface area (Å²) in [6.45, 7) is 17.7. The third kappa shape index (κ3) is 9.63. The van der Waals surface area contributed by atoms with Crippen LogP contribution in [0, 0.1) is 6.92 Å². The molecular formula is C34H41N5. The zero-order chi connectivity index (χ0) is 28.6. The lowest BCUT2D eigenvalue weighted by atomic mass is 10.1. The zero-order valence-corrected chi connectivity index (χ0v) is 24.0. The fourth-order valence-corrected chi connectivity index (χ4v) is 3.52. The Morgan fingerprint density at radius 3 is 2.23 bits per heavy atom. The van der Waals surface area contributed by atoms with Crippen LogP contribution < -0.4 is 16.0 Å². The van der Waals surface area contributed by atoms with Crippen molar-refractivity contribution < 1.29 is 0 Å². The smallest absolute Gasteiger partial charge is 0.130 e. The van der Waals surface area contributed by atoms with E-state index in [-0.39, 0.29) is 0 Å². The maximum Gasteiger partial charge on any atom is 0.130 e. The minimum atomic E-state index is 0.798. The van der Waals surface area contributed by atoms with Gasteiger partial charge >= 0.3 is 0 Å². The second-order valence-corrected chi connectivity index (χ2v) is 8.53. The lowest BCUT2D eigenvalue weighted by Crippen LogP contribution is -1.96. The van der Waals surface area contributed by atoms with Gasteiger partial charge in [0.15, 0.2) is 0 Å². The Balaban J connectivity index is 0.000000275. The van der Waals surface area contributed by atoms with E-state index in [9.17, 15) is 0 Å². The lowest BCUT2D eigenvalue weighted by Gasteiger charge is -2.10. The van der Waals surface area contributed by atoms with Crippen molar-refractivity contribution in [3.63, 3.8) is 0 Å². The van der Waals surface area contributed by atoms with Crippen molar-refractivity contribution in [2.75, 3.05) is 23.0 Å². The van der Waals surface area contributed by atoms with Gasteiger partial charge in [-0.3, -0.25) is 4.98 Å².